The third-order valence-electron chi connectivity index (χ3n) is 4.56. The molecule has 2 atom stereocenters. The number of aromatic nitrogens is 1. The summed E-state index contributed by atoms with van der Waals surface area (Å²) in [5, 5.41) is 0. The predicted octanol–water partition coefficient (Wildman–Crippen LogP) is 1.72. The molecule has 2 unspecified atom stereocenters. The summed E-state index contributed by atoms with van der Waals surface area (Å²) >= 11 is 3.22. The Kier molecular flexibility index (Phi) is 6.22. The van der Waals surface area contributed by atoms with Crippen LogP contribution in [0.2, 0.25) is 0 Å². The van der Waals surface area contributed by atoms with Gasteiger partial charge in [0, 0.05) is 11.3 Å². The van der Waals surface area contributed by atoms with E-state index in [1.807, 2.05) is 0 Å². The normalized spacial score (nSPS) is 16.6. The summed E-state index contributed by atoms with van der Waals surface area (Å²) < 4.78 is 15.8. The first-order valence-corrected chi connectivity index (χ1v) is 8.83. The lowest BCUT2D eigenvalue weighted by Gasteiger charge is -2.22. The average Bonchev–Trinajstić information content (AvgIpc) is 3.09. The monoisotopic (exact) mass is 429 g/mol. The number of rotatable bonds is 5. The molecule has 142 valence electrons. The molecule has 0 aliphatic carbocycles. The largest absolute Gasteiger partial charge is 0.469 e. The number of fused-ring (bicyclic) bond motifs is 1. The topological polar surface area (TPSA) is 101 Å². The third kappa shape index (κ3) is 3.15. The molecule has 0 saturated carbocycles. The zero-order valence-electron chi connectivity index (χ0n) is 15.0. The van der Waals surface area contributed by atoms with Crippen LogP contribution in [-0.4, -0.2) is 43.8 Å². The van der Waals surface area contributed by atoms with E-state index in [-0.39, 0.29) is 15.6 Å². The fraction of sp³-hybridized carbons (Fsp3) is 0.529. The van der Waals surface area contributed by atoms with E-state index in [0.29, 0.717) is 25.0 Å². The Labute approximate surface area is 158 Å². The Hall–Kier alpha value is -2.16. The molecule has 1 aliphatic heterocycles. The second-order valence-corrected chi connectivity index (χ2v) is 6.57. The number of carbonyl (C=O) groups excluding carboxylic acids is 3. The molecular formula is C17H20BrNO7. The third-order valence-corrected chi connectivity index (χ3v) is 5.33. The molecule has 8 nitrogen and oxygen atoms in total. The maximum atomic E-state index is 12.9. The predicted molar refractivity (Wildman–Crippen MR) is 94.2 cm³/mol. The fourth-order valence-corrected chi connectivity index (χ4v) is 4.02. The van der Waals surface area contributed by atoms with Crippen LogP contribution in [0.15, 0.2) is 9.27 Å². The number of ether oxygens (including phenoxy) is 3. The first-order valence-electron chi connectivity index (χ1n) is 8.04. The van der Waals surface area contributed by atoms with Crippen LogP contribution in [0.3, 0.4) is 0 Å². The molecule has 1 aromatic heterocycles. The summed E-state index contributed by atoms with van der Waals surface area (Å²) in [5.74, 6) is -2.64. The summed E-state index contributed by atoms with van der Waals surface area (Å²) in [4.78, 5) is 49.7. The van der Waals surface area contributed by atoms with Crippen molar-refractivity contribution in [3.05, 3.63) is 31.6 Å². The SMILES string of the molecule is CCC(C(=O)OC)c1c(C(=O)OC)c2n(c(=O)c1Br)C(C(=O)OC)CC2. The van der Waals surface area contributed by atoms with Gasteiger partial charge in [-0.2, -0.15) is 0 Å². The smallest absolute Gasteiger partial charge is 0.339 e. The maximum Gasteiger partial charge on any atom is 0.339 e. The van der Waals surface area contributed by atoms with Crippen LogP contribution in [0, 0.1) is 0 Å². The van der Waals surface area contributed by atoms with Crippen molar-refractivity contribution < 1.29 is 28.6 Å². The lowest BCUT2D eigenvalue weighted by atomic mass is 9.91. The number of esters is 3. The van der Waals surface area contributed by atoms with E-state index in [1.54, 1.807) is 6.92 Å². The standard InChI is InChI=1S/C17H20BrNO7/c1-5-8(15(21)24-2)11-12(17(23)26-4)9-6-7-10(16(22)25-3)19(9)14(20)13(11)18/h8,10H,5-7H2,1-4H3. The van der Waals surface area contributed by atoms with Crippen molar-refractivity contribution >= 4 is 33.8 Å². The van der Waals surface area contributed by atoms with E-state index in [4.69, 9.17) is 14.2 Å². The van der Waals surface area contributed by atoms with E-state index in [9.17, 15) is 19.2 Å². The molecule has 0 saturated heterocycles. The minimum absolute atomic E-state index is 0.0368. The Bertz CT molecular complexity index is 814. The van der Waals surface area contributed by atoms with Gasteiger partial charge in [0.1, 0.15) is 6.04 Å². The molecule has 9 heteroatoms. The van der Waals surface area contributed by atoms with Crippen LogP contribution in [0.5, 0.6) is 0 Å². The summed E-state index contributed by atoms with van der Waals surface area (Å²) in [7, 11) is 3.69. The molecule has 0 spiro atoms. The molecule has 0 radical (unpaired) electrons. The van der Waals surface area contributed by atoms with Gasteiger partial charge >= 0.3 is 17.9 Å². The van der Waals surface area contributed by atoms with Gasteiger partial charge in [-0.25, -0.2) is 9.59 Å². The Balaban J connectivity index is 2.86. The molecule has 2 heterocycles. The van der Waals surface area contributed by atoms with Gasteiger partial charge in [0.25, 0.3) is 5.56 Å². The molecule has 1 aromatic rings. The van der Waals surface area contributed by atoms with Gasteiger partial charge in [-0.3, -0.25) is 14.2 Å². The minimum atomic E-state index is -0.825. The van der Waals surface area contributed by atoms with Gasteiger partial charge < -0.3 is 14.2 Å². The first-order chi connectivity index (χ1) is 12.3. The Morgan fingerprint density at radius 2 is 1.85 bits per heavy atom. The van der Waals surface area contributed by atoms with Crippen molar-refractivity contribution in [1.29, 1.82) is 0 Å². The van der Waals surface area contributed by atoms with Crippen LogP contribution >= 0.6 is 15.9 Å². The lowest BCUT2D eigenvalue weighted by molar-refractivity contribution is -0.144. The molecule has 0 bridgehead atoms. The minimum Gasteiger partial charge on any atom is -0.469 e. The highest BCUT2D eigenvalue weighted by Crippen LogP contribution is 2.37. The van der Waals surface area contributed by atoms with Crippen LogP contribution in [0.1, 0.15) is 53.3 Å². The van der Waals surface area contributed by atoms with E-state index < -0.39 is 35.4 Å². The van der Waals surface area contributed by atoms with Crippen LogP contribution < -0.4 is 5.56 Å². The van der Waals surface area contributed by atoms with Crippen LogP contribution in [0.25, 0.3) is 0 Å². The average molecular weight is 430 g/mol. The van der Waals surface area contributed by atoms with Gasteiger partial charge in [0.2, 0.25) is 0 Å². The van der Waals surface area contributed by atoms with Crippen LogP contribution in [-0.2, 0) is 30.2 Å². The zero-order valence-corrected chi connectivity index (χ0v) is 16.5. The molecule has 26 heavy (non-hydrogen) atoms. The summed E-state index contributed by atoms with van der Waals surface area (Å²) in [5.41, 5.74) is 0.200. The van der Waals surface area contributed by atoms with Gasteiger partial charge in [-0.15, -0.1) is 0 Å². The second-order valence-electron chi connectivity index (χ2n) is 5.78. The van der Waals surface area contributed by atoms with Crippen molar-refractivity contribution in [2.24, 2.45) is 0 Å². The number of pyridine rings is 1. The van der Waals surface area contributed by atoms with Gasteiger partial charge in [0.05, 0.1) is 37.3 Å². The van der Waals surface area contributed by atoms with Gasteiger partial charge in [0.15, 0.2) is 0 Å². The highest BCUT2D eigenvalue weighted by atomic mass is 79.9. The second kappa shape index (κ2) is 8.03. The first kappa shape index (κ1) is 20.2. The van der Waals surface area contributed by atoms with Gasteiger partial charge in [-0.1, -0.05) is 6.92 Å². The van der Waals surface area contributed by atoms with E-state index in [1.165, 1.54) is 25.9 Å². The highest BCUT2D eigenvalue weighted by molar-refractivity contribution is 9.10. The van der Waals surface area contributed by atoms with Gasteiger partial charge in [-0.05, 0) is 35.2 Å². The molecule has 0 fully saturated rings. The Morgan fingerprint density at radius 3 is 2.35 bits per heavy atom. The maximum absolute atomic E-state index is 12.9. The van der Waals surface area contributed by atoms with Crippen LogP contribution in [0.4, 0.5) is 0 Å². The molecule has 0 aromatic carbocycles. The number of methoxy groups -OCH3 is 3. The van der Waals surface area contributed by atoms with E-state index in [2.05, 4.69) is 15.9 Å². The van der Waals surface area contributed by atoms with Crippen molar-refractivity contribution in [2.75, 3.05) is 21.3 Å². The van der Waals surface area contributed by atoms with E-state index >= 15 is 0 Å². The van der Waals surface area contributed by atoms with Crippen molar-refractivity contribution in [2.45, 2.75) is 38.1 Å². The molecule has 0 amide bonds. The quantitative estimate of drug-likeness (QED) is 0.518. The van der Waals surface area contributed by atoms with E-state index in [0.717, 1.165) is 0 Å². The number of nitrogens with zero attached hydrogens (tertiary/aromatic N) is 1. The van der Waals surface area contributed by atoms with Crippen molar-refractivity contribution in [3.8, 4) is 0 Å². The lowest BCUT2D eigenvalue weighted by Crippen LogP contribution is -2.33. The summed E-state index contributed by atoms with van der Waals surface area (Å²) in [6.07, 6.45) is 0.937. The zero-order chi connectivity index (χ0) is 19.6. The van der Waals surface area contributed by atoms with Crippen molar-refractivity contribution in [1.82, 2.24) is 4.57 Å². The molecule has 0 N–H and O–H groups in total. The number of carbonyl (C=O) groups is 3. The number of hydrogen-bond donors (Lipinski definition) is 0. The molecular weight excluding hydrogens is 410 g/mol. The molecule has 2 rings (SSSR count). The summed E-state index contributed by atoms with van der Waals surface area (Å²) in [6.45, 7) is 1.75. The fourth-order valence-electron chi connectivity index (χ4n) is 3.35. The molecule has 1 aliphatic rings. The number of halogens is 1. The van der Waals surface area contributed by atoms with Crippen molar-refractivity contribution in [3.63, 3.8) is 0 Å². The highest BCUT2D eigenvalue weighted by Gasteiger charge is 2.39. The number of hydrogen-bond acceptors (Lipinski definition) is 7. The Morgan fingerprint density at radius 1 is 1.19 bits per heavy atom. The summed E-state index contributed by atoms with van der Waals surface area (Å²) in [6, 6.07) is -0.825.